The van der Waals surface area contributed by atoms with Crippen LogP contribution in [0.5, 0.6) is 0 Å². The minimum Gasteiger partial charge on any atom is -0.469 e. The molecule has 0 aliphatic carbocycles. The molecule has 41 heavy (non-hydrogen) atoms. The Hall–Kier alpha value is -2.89. The summed E-state index contributed by atoms with van der Waals surface area (Å²) in [4.78, 5) is 17.4. The van der Waals surface area contributed by atoms with Gasteiger partial charge in [-0.25, -0.2) is 0 Å². The zero-order valence-corrected chi connectivity index (χ0v) is 24.4. The number of azide groups is 2. The van der Waals surface area contributed by atoms with Crippen LogP contribution in [0, 0.1) is 11.8 Å². The molecule has 1 aromatic carbocycles. The number of methoxy groups -OCH3 is 1. The van der Waals surface area contributed by atoms with Crippen molar-refractivity contribution in [2.24, 2.45) is 22.1 Å². The molecule has 13 heteroatoms. The molecule has 2 aliphatic rings. The van der Waals surface area contributed by atoms with Crippen LogP contribution in [0.25, 0.3) is 20.9 Å². The number of carbonyl (C=O) groups is 1. The smallest absolute Gasteiger partial charge is 0.305 e. The highest BCUT2D eigenvalue weighted by atomic mass is 16.7. The van der Waals surface area contributed by atoms with Crippen LogP contribution in [0.15, 0.2) is 40.6 Å². The van der Waals surface area contributed by atoms with E-state index in [1.807, 2.05) is 58.0 Å². The molecule has 2 fully saturated rings. The van der Waals surface area contributed by atoms with Gasteiger partial charge in [-0.15, -0.1) is 0 Å². The van der Waals surface area contributed by atoms with Crippen LogP contribution in [0.4, 0.5) is 0 Å². The van der Waals surface area contributed by atoms with Gasteiger partial charge in [0.25, 0.3) is 0 Å². The van der Waals surface area contributed by atoms with E-state index in [0.29, 0.717) is 26.1 Å². The topological polar surface area (TPSA) is 170 Å². The Morgan fingerprint density at radius 3 is 2.07 bits per heavy atom. The first-order chi connectivity index (χ1) is 19.8. The summed E-state index contributed by atoms with van der Waals surface area (Å²) in [6.45, 7) is 8.29. The molecule has 0 saturated carbocycles. The van der Waals surface area contributed by atoms with E-state index >= 15 is 0 Å². The lowest BCUT2D eigenvalue weighted by Crippen LogP contribution is -2.59. The van der Waals surface area contributed by atoms with E-state index in [0.717, 1.165) is 18.4 Å². The maximum absolute atomic E-state index is 11.4. The quantitative estimate of drug-likeness (QED) is 0.0884. The fourth-order valence-electron chi connectivity index (χ4n) is 5.43. The van der Waals surface area contributed by atoms with Gasteiger partial charge in [0.1, 0.15) is 12.2 Å². The predicted octanol–water partition coefficient (Wildman–Crippen LogP) is 5.83. The van der Waals surface area contributed by atoms with Crippen molar-refractivity contribution in [2.75, 3.05) is 13.7 Å². The zero-order chi connectivity index (χ0) is 29.8. The number of ether oxygens (including phenoxy) is 6. The van der Waals surface area contributed by atoms with E-state index in [2.05, 4.69) is 20.1 Å². The van der Waals surface area contributed by atoms with Crippen molar-refractivity contribution < 1.29 is 33.2 Å². The molecule has 226 valence electrons. The normalized spacial score (nSPS) is 33.3. The third kappa shape index (κ3) is 9.05. The Kier molecular flexibility index (Phi) is 13.1. The summed E-state index contributed by atoms with van der Waals surface area (Å²) in [6, 6.07) is 8.82. The SMILES string of the molecule is COC(=O)CCCCCO[C@H]1OC(C)[C@@H](N=[N+]=[N-])[C@H](C)C1O[C@H]1OC(C)[C@@H](N=[N+]=[N-])[C@H](C)C1OCc1ccccc1. The number of rotatable bonds is 14. The van der Waals surface area contributed by atoms with E-state index in [-0.39, 0.29) is 17.8 Å². The van der Waals surface area contributed by atoms with Crippen molar-refractivity contribution >= 4 is 5.97 Å². The molecule has 0 bridgehead atoms. The lowest BCUT2D eigenvalue weighted by Gasteiger charge is -2.48. The van der Waals surface area contributed by atoms with Crippen molar-refractivity contribution in [2.45, 2.75) is 109 Å². The van der Waals surface area contributed by atoms with Gasteiger partial charge in [0, 0.05) is 22.9 Å². The monoisotopic (exact) mass is 574 g/mol. The van der Waals surface area contributed by atoms with Crippen LogP contribution >= 0.6 is 0 Å². The highest BCUT2D eigenvalue weighted by Crippen LogP contribution is 2.37. The zero-order valence-electron chi connectivity index (χ0n) is 24.4. The fourth-order valence-corrected chi connectivity index (χ4v) is 5.43. The van der Waals surface area contributed by atoms with Crippen LogP contribution in [0.2, 0.25) is 0 Å². The van der Waals surface area contributed by atoms with E-state index < -0.39 is 49.1 Å². The number of esters is 1. The summed E-state index contributed by atoms with van der Waals surface area (Å²) in [6.07, 6.45) is -1.02. The molecule has 3 rings (SSSR count). The number of unbranched alkanes of at least 4 members (excludes halogenated alkanes) is 2. The highest BCUT2D eigenvalue weighted by molar-refractivity contribution is 5.68. The van der Waals surface area contributed by atoms with Crippen LogP contribution in [0.3, 0.4) is 0 Å². The van der Waals surface area contributed by atoms with Gasteiger partial charge >= 0.3 is 5.97 Å². The Morgan fingerprint density at radius 2 is 1.46 bits per heavy atom. The maximum atomic E-state index is 11.4. The summed E-state index contributed by atoms with van der Waals surface area (Å²) in [5, 5.41) is 7.96. The van der Waals surface area contributed by atoms with Gasteiger partial charge in [-0.05, 0) is 55.2 Å². The molecular formula is C28H42N6O7. The molecule has 2 aliphatic heterocycles. The Balaban J connectivity index is 1.76. The highest BCUT2D eigenvalue weighted by Gasteiger charge is 2.49. The van der Waals surface area contributed by atoms with Gasteiger partial charge < -0.3 is 28.4 Å². The minimum absolute atomic E-state index is 0.218. The second-order valence-electron chi connectivity index (χ2n) is 10.6. The second kappa shape index (κ2) is 16.5. The Morgan fingerprint density at radius 1 is 0.854 bits per heavy atom. The van der Waals surface area contributed by atoms with Gasteiger partial charge in [0.15, 0.2) is 12.6 Å². The molecular weight excluding hydrogens is 532 g/mol. The van der Waals surface area contributed by atoms with Gasteiger partial charge in [0.05, 0.1) is 38.0 Å². The van der Waals surface area contributed by atoms with E-state index in [9.17, 15) is 10.3 Å². The van der Waals surface area contributed by atoms with Crippen LogP contribution in [0.1, 0.15) is 58.9 Å². The second-order valence-corrected chi connectivity index (χ2v) is 10.6. The predicted molar refractivity (Wildman–Crippen MR) is 149 cm³/mol. The number of nitrogens with zero attached hydrogens (tertiary/aromatic N) is 6. The van der Waals surface area contributed by atoms with Crippen LogP contribution < -0.4 is 0 Å². The van der Waals surface area contributed by atoms with E-state index in [1.54, 1.807) is 0 Å². The first-order valence-electron chi connectivity index (χ1n) is 14.2. The molecule has 0 radical (unpaired) electrons. The lowest BCUT2D eigenvalue weighted by atomic mass is 9.87. The fraction of sp³-hybridized carbons (Fsp3) is 0.750. The average molecular weight is 575 g/mol. The molecule has 0 spiro atoms. The Labute approximate surface area is 241 Å². The first-order valence-corrected chi connectivity index (χ1v) is 14.2. The maximum Gasteiger partial charge on any atom is 0.305 e. The van der Waals surface area contributed by atoms with Crippen molar-refractivity contribution in [3.8, 4) is 0 Å². The van der Waals surface area contributed by atoms with E-state index in [1.165, 1.54) is 7.11 Å². The summed E-state index contributed by atoms with van der Waals surface area (Å²) in [5.74, 6) is -0.716. The largest absolute Gasteiger partial charge is 0.469 e. The standard InChI is InChI=1S/C28H42N6O7/c1-17-23(31-33-29)20(4)40-28(25(17)38-16-21-12-8-6-9-13-21)41-26-18(2)24(32-34-30)19(3)39-27(26)37-15-11-7-10-14-22(35)36-5/h6,8-9,12-13,17-20,23-28H,7,10-11,14-16H2,1-5H3/t17-,18-,19?,20?,23-,24-,25?,26?,27-,28+/m0/s1. The van der Waals surface area contributed by atoms with Crippen molar-refractivity contribution in [3.63, 3.8) is 0 Å². The van der Waals surface area contributed by atoms with Gasteiger partial charge in [-0.1, -0.05) is 60.8 Å². The number of hydrogen-bond acceptors (Lipinski definition) is 9. The van der Waals surface area contributed by atoms with Crippen LogP contribution in [-0.4, -0.2) is 68.8 Å². The lowest BCUT2D eigenvalue weighted by molar-refractivity contribution is -0.338. The molecule has 0 amide bonds. The molecule has 0 aromatic heterocycles. The minimum atomic E-state index is -0.823. The van der Waals surface area contributed by atoms with Gasteiger partial charge in [-0.2, -0.15) is 0 Å². The molecule has 4 unspecified atom stereocenters. The summed E-state index contributed by atoms with van der Waals surface area (Å²) in [5.41, 5.74) is 19.3. The van der Waals surface area contributed by atoms with Crippen molar-refractivity contribution in [1.29, 1.82) is 0 Å². The summed E-state index contributed by atoms with van der Waals surface area (Å²) < 4.78 is 36.2. The molecule has 10 atom stereocenters. The van der Waals surface area contributed by atoms with E-state index in [4.69, 9.17) is 34.0 Å². The third-order valence-corrected chi connectivity index (χ3v) is 7.79. The Bertz CT molecular complexity index is 1050. The van der Waals surface area contributed by atoms with Gasteiger partial charge in [0.2, 0.25) is 0 Å². The molecule has 0 N–H and O–H groups in total. The summed E-state index contributed by atoms with van der Waals surface area (Å²) in [7, 11) is 1.38. The van der Waals surface area contributed by atoms with Crippen molar-refractivity contribution in [3.05, 3.63) is 56.8 Å². The third-order valence-electron chi connectivity index (χ3n) is 7.79. The van der Waals surface area contributed by atoms with Crippen LogP contribution in [-0.2, 0) is 39.8 Å². The number of carbonyl (C=O) groups excluding carboxylic acids is 1. The number of benzene rings is 1. The molecule has 2 saturated heterocycles. The van der Waals surface area contributed by atoms with Gasteiger partial charge in [-0.3, -0.25) is 4.79 Å². The molecule has 1 aromatic rings. The molecule has 2 heterocycles. The summed E-state index contributed by atoms with van der Waals surface area (Å²) >= 11 is 0. The average Bonchev–Trinajstić information content (AvgIpc) is 2.96. The molecule has 13 nitrogen and oxygen atoms in total. The first kappa shape index (κ1) is 32.6. The number of hydrogen-bond donors (Lipinski definition) is 0. The van der Waals surface area contributed by atoms with Crippen molar-refractivity contribution in [1.82, 2.24) is 0 Å².